The number of carbonyl (C=O) groups excluding carboxylic acids is 3. The van der Waals surface area contributed by atoms with Crippen LogP contribution >= 0.6 is 0 Å². The molecule has 0 fully saturated rings. The summed E-state index contributed by atoms with van der Waals surface area (Å²) >= 11 is 0. The number of likely N-dealkylation sites (N-methyl/N-ethyl adjacent to an activating group) is 1. The lowest BCUT2D eigenvalue weighted by molar-refractivity contribution is -0.137. The van der Waals surface area contributed by atoms with Gasteiger partial charge in [0.05, 0.1) is 30.3 Å². The van der Waals surface area contributed by atoms with E-state index in [0.29, 0.717) is 5.69 Å². The van der Waals surface area contributed by atoms with Crippen molar-refractivity contribution in [1.82, 2.24) is 30.0 Å². The average Bonchev–Trinajstić information content (AvgIpc) is 3.47. The van der Waals surface area contributed by atoms with Crippen LogP contribution < -0.4 is 15.4 Å². The first-order chi connectivity index (χ1) is 20.3. The fraction of sp³-hybridized carbons (Fsp3) is 0.407. The minimum absolute atomic E-state index is 0.0625. The number of nitrogens with zero attached hydrogens (tertiary/aromatic N) is 6. The molecule has 1 aliphatic heterocycles. The Balaban J connectivity index is 1.52. The smallest absolute Gasteiger partial charge is 0.416 e. The molecular formula is C27H31F3N8O5. The van der Waals surface area contributed by atoms with E-state index in [0.717, 1.165) is 12.1 Å². The highest BCUT2D eigenvalue weighted by Crippen LogP contribution is 2.32. The van der Waals surface area contributed by atoms with Crippen LogP contribution in [0.25, 0.3) is 0 Å². The summed E-state index contributed by atoms with van der Waals surface area (Å²) in [5.41, 5.74) is -0.177. The number of aliphatic hydroxyl groups is 1. The molecule has 0 saturated carbocycles. The molecule has 4 amide bonds. The largest absolute Gasteiger partial charge is 0.487 e. The SMILES string of the molecule is C[C@@H]1CN([C@H](C)CO)C(=O)c2cc(NC(=O)Cn3cnnn3)ccc2O[C@H]1CN(C)C(=O)Nc1ccc(C(F)(F)F)cc1. The van der Waals surface area contributed by atoms with Gasteiger partial charge < -0.3 is 30.3 Å². The van der Waals surface area contributed by atoms with Gasteiger partial charge in [0.25, 0.3) is 5.91 Å². The summed E-state index contributed by atoms with van der Waals surface area (Å²) in [6, 6.07) is 7.54. The fourth-order valence-electron chi connectivity index (χ4n) is 4.43. The van der Waals surface area contributed by atoms with Crippen LogP contribution in [0.15, 0.2) is 48.8 Å². The average molecular weight is 605 g/mol. The van der Waals surface area contributed by atoms with Gasteiger partial charge in [-0.05, 0) is 59.8 Å². The lowest BCUT2D eigenvalue weighted by Gasteiger charge is -2.38. The third kappa shape index (κ3) is 7.77. The van der Waals surface area contributed by atoms with E-state index in [1.165, 1.54) is 52.1 Å². The van der Waals surface area contributed by atoms with Gasteiger partial charge in [-0.3, -0.25) is 9.59 Å². The first-order valence-corrected chi connectivity index (χ1v) is 13.3. The zero-order chi connectivity index (χ0) is 31.3. The number of nitrogens with one attached hydrogen (secondary N) is 2. The van der Waals surface area contributed by atoms with E-state index in [9.17, 15) is 32.7 Å². The Morgan fingerprint density at radius 3 is 2.49 bits per heavy atom. The monoisotopic (exact) mass is 604 g/mol. The van der Waals surface area contributed by atoms with Crippen molar-refractivity contribution in [2.45, 2.75) is 38.7 Å². The number of ether oxygens (including phenoxy) is 1. The van der Waals surface area contributed by atoms with E-state index < -0.39 is 41.7 Å². The van der Waals surface area contributed by atoms with Gasteiger partial charge in [0.15, 0.2) is 0 Å². The molecule has 3 aromatic rings. The molecule has 0 spiro atoms. The molecule has 0 bridgehead atoms. The normalized spacial score (nSPS) is 17.7. The van der Waals surface area contributed by atoms with Crippen molar-refractivity contribution < 1.29 is 37.4 Å². The van der Waals surface area contributed by atoms with Crippen molar-refractivity contribution in [3.8, 4) is 5.75 Å². The highest BCUT2D eigenvalue weighted by atomic mass is 19.4. The van der Waals surface area contributed by atoms with Gasteiger partial charge in [0, 0.05) is 30.9 Å². The molecule has 1 aromatic heterocycles. The molecule has 16 heteroatoms. The standard InChI is InChI=1S/C27H31F3N8O5/c1-16-11-38(17(2)14-39)25(41)21-10-20(32-24(40)13-37-15-31-34-35-37)8-9-22(21)43-23(16)12-36(3)26(42)33-19-6-4-18(5-7-19)27(28,29)30/h4-10,15-17,23,39H,11-14H2,1-3H3,(H,32,40)(H,33,42)/t16-,17-,23+/m1/s1. The maximum atomic E-state index is 13.6. The van der Waals surface area contributed by atoms with Gasteiger partial charge in [-0.15, -0.1) is 5.10 Å². The summed E-state index contributed by atoms with van der Waals surface area (Å²) in [5.74, 6) is -0.930. The minimum Gasteiger partial charge on any atom is -0.487 e. The first-order valence-electron chi connectivity index (χ1n) is 13.3. The molecule has 4 rings (SSSR count). The lowest BCUT2D eigenvalue weighted by Crippen LogP contribution is -2.50. The Morgan fingerprint density at radius 2 is 1.86 bits per heavy atom. The van der Waals surface area contributed by atoms with Crippen molar-refractivity contribution in [1.29, 1.82) is 0 Å². The van der Waals surface area contributed by atoms with E-state index >= 15 is 0 Å². The molecule has 43 heavy (non-hydrogen) atoms. The van der Waals surface area contributed by atoms with Crippen molar-refractivity contribution in [3.63, 3.8) is 0 Å². The van der Waals surface area contributed by atoms with Gasteiger partial charge in [0.2, 0.25) is 5.91 Å². The van der Waals surface area contributed by atoms with Crippen LogP contribution in [0.5, 0.6) is 5.75 Å². The van der Waals surface area contributed by atoms with E-state index in [-0.39, 0.29) is 49.2 Å². The third-order valence-corrected chi connectivity index (χ3v) is 6.91. The van der Waals surface area contributed by atoms with Gasteiger partial charge >= 0.3 is 12.2 Å². The number of aromatic nitrogens is 4. The number of aliphatic hydroxyl groups excluding tert-OH is 1. The lowest BCUT2D eigenvalue weighted by atomic mass is 9.99. The summed E-state index contributed by atoms with van der Waals surface area (Å²) in [7, 11) is 1.51. The Kier molecular flexibility index (Phi) is 9.48. The zero-order valence-corrected chi connectivity index (χ0v) is 23.6. The van der Waals surface area contributed by atoms with Crippen molar-refractivity contribution in [2.75, 3.05) is 37.4 Å². The molecule has 0 unspecified atom stereocenters. The number of halogens is 3. The van der Waals surface area contributed by atoms with Gasteiger partial charge in [0.1, 0.15) is 24.7 Å². The Morgan fingerprint density at radius 1 is 1.16 bits per heavy atom. The topological polar surface area (TPSA) is 155 Å². The van der Waals surface area contributed by atoms with Gasteiger partial charge in [-0.25, -0.2) is 9.48 Å². The van der Waals surface area contributed by atoms with Crippen LogP contribution in [0, 0.1) is 5.92 Å². The number of rotatable bonds is 8. The van der Waals surface area contributed by atoms with Crippen LogP contribution in [0.3, 0.4) is 0 Å². The molecule has 2 aromatic carbocycles. The van der Waals surface area contributed by atoms with E-state index in [1.807, 2.05) is 6.92 Å². The number of benzene rings is 2. The van der Waals surface area contributed by atoms with Crippen LogP contribution in [0.4, 0.5) is 29.3 Å². The molecule has 0 saturated heterocycles. The molecule has 13 nitrogen and oxygen atoms in total. The summed E-state index contributed by atoms with van der Waals surface area (Å²) in [6.07, 6.45) is -3.83. The number of tetrazole rings is 1. The number of fused-ring (bicyclic) bond motifs is 1. The summed E-state index contributed by atoms with van der Waals surface area (Å²) in [4.78, 5) is 41.8. The van der Waals surface area contributed by atoms with E-state index in [2.05, 4.69) is 26.2 Å². The second kappa shape index (κ2) is 13.1. The number of hydrogen-bond donors (Lipinski definition) is 3. The molecule has 0 aliphatic carbocycles. The second-order valence-corrected chi connectivity index (χ2v) is 10.3. The van der Waals surface area contributed by atoms with Crippen molar-refractivity contribution in [2.24, 2.45) is 5.92 Å². The quantitative estimate of drug-likeness (QED) is 0.355. The number of carbonyl (C=O) groups is 3. The predicted octanol–water partition coefficient (Wildman–Crippen LogP) is 2.71. The number of alkyl halides is 3. The van der Waals surface area contributed by atoms with Gasteiger partial charge in [-0.2, -0.15) is 13.2 Å². The van der Waals surface area contributed by atoms with Crippen LogP contribution in [-0.4, -0.2) is 91.8 Å². The second-order valence-electron chi connectivity index (χ2n) is 10.3. The maximum Gasteiger partial charge on any atom is 0.416 e. The zero-order valence-electron chi connectivity index (χ0n) is 23.6. The highest BCUT2D eigenvalue weighted by molar-refractivity contribution is 6.00. The summed E-state index contributed by atoms with van der Waals surface area (Å²) in [6.45, 7) is 3.35. The van der Waals surface area contributed by atoms with Crippen LogP contribution in [-0.2, 0) is 17.5 Å². The third-order valence-electron chi connectivity index (χ3n) is 6.91. The predicted molar refractivity (Wildman–Crippen MR) is 147 cm³/mol. The maximum absolute atomic E-state index is 13.6. The number of amides is 4. The molecular weight excluding hydrogens is 573 g/mol. The molecule has 2 heterocycles. The molecule has 230 valence electrons. The Bertz CT molecular complexity index is 1440. The fourth-order valence-corrected chi connectivity index (χ4v) is 4.43. The summed E-state index contributed by atoms with van der Waals surface area (Å²) in [5, 5.41) is 25.7. The van der Waals surface area contributed by atoms with Crippen LogP contribution in [0.2, 0.25) is 0 Å². The summed E-state index contributed by atoms with van der Waals surface area (Å²) < 4.78 is 46.1. The number of urea groups is 1. The molecule has 1 aliphatic rings. The molecule has 3 N–H and O–H groups in total. The minimum atomic E-state index is -4.49. The van der Waals surface area contributed by atoms with Gasteiger partial charge in [-0.1, -0.05) is 6.92 Å². The Hall–Kier alpha value is -4.73. The van der Waals surface area contributed by atoms with Crippen LogP contribution in [0.1, 0.15) is 29.8 Å². The Labute approximate surface area is 244 Å². The number of hydrogen-bond acceptors (Lipinski definition) is 8. The number of anilines is 2. The molecule has 0 radical (unpaired) electrons. The van der Waals surface area contributed by atoms with Crippen molar-refractivity contribution in [3.05, 3.63) is 59.9 Å². The molecule has 3 atom stereocenters. The van der Waals surface area contributed by atoms with E-state index in [4.69, 9.17) is 4.74 Å². The highest BCUT2D eigenvalue weighted by Gasteiger charge is 2.34. The van der Waals surface area contributed by atoms with E-state index in [1.54, 1.807) is 13.0 Å². The van der Waals surface area contributed by atoms with Crippen molar-refractivity contribution >= 4 is 29.2 Å². The first kappa shape index (κ1) is 31.2.